The van der Waals surface area contributed by atoms with Gasteiger partial charge in [-0.25, -0.2) is 4.98 Å². The summed E-state index contributed by atoms with van der Waals surface area (Å²) in [7, 11) is 0. The van der Waals surface area contributed by atoms with Gasteiger partial charge in [-0.2, -0.15) is 0 Å². The van der Waals surface area contributed by atoms with Gasteiger partial charge in [-0.15, -0.1) is 23.1 Å². The molecule has 1 aromatic rings. The van der Waals surface area contributed by atoms with Crippen molar-refractivity contribution in [2.45, 2.75) is 6.92 Å². The minimum absolute atomic E-state index is 1.09. The molecule has 0 aromatic carbocycles. The summed E-state index contributed by atoms with van der Waals surface area (Å²) in [6.07, 6.45) is 8.04. The molecule has 1 aromatic heterocycles. The van der Waals surface area contributed by atoms with Crippen molar-refractivity contribution >= 4 is 28.7 Å². The highest BCUT2D eigenvalue weighted by Gasteiger charge is 1.97. The van der Waals surface area contributed by atoms with Crippen LogP contribution in [0, 0.1) is 0 Å². The van der Waals surface area contributed by atoms with Crippen LogP contribution >= 0.6 is 23.1 Å². The van der Waals surface area contributed by atoms with Gasteiger partial charge in [0.2, 0.25) is 0 Å². The summed E-state index contributed by atoms with van der Waals surface area (Å²) in [5.41, 5.74) is 1.19. The van der Waals surface area contributed by atoms with Gasteiger partial charge in [-0.3, -0.25) is 0 Å². The van der Waals surface area contributed by atoms with E-state index in [9.17, 15) is 0 Å². The lowest BCUT2D eigenvalue weighted by Gasteiger charge is -1.93. The van der Waals surface area contributed by atoms with Crippen LogP contribution in [0.25, 0.3) is 5.57 Å². The molecular weight excluding hydrogens is 186 g/mol. The van der Waals surface area contributed by atoms with Crippen LogP contribution in [0.4, 0.5) is 0 Å². The number of nitrogens with zero attached hydrogens (tertiary/aromatic N) is 1. The predicted octanol–water partition coefficient (Wildman–Crippen LogP) is 3.42. The van der Waals surface area contributed by atoms with Crippen molar-refractivity contribution in [2.75, 3.05) is 6.26 Å². The molecule has 12 heavy (non-hydrogen) atoms. The summed E-state index contributed by atoms with van der Waals surface area (Å²) in [5.74, 6) is 0. The highest BCUT2D eigenvalue weighted by molar-refractivity contribution is 8.01. The topological polar surface area (TPSA) is 12.9 Å². The Bertz CT molecular complexity index is 273. The van der Waals surface area contributed by atoms with Gasteiger partial charge in [0.1, 0.15) is 5.01 Å². The summed E-state index contributed by atoms with van der Waals surface area (Å²) in [5, 5.41) is 5.14. The van der Waals surface area contributed by atoms with Crippen molar-refractivity contribution in [3.8, 4) is 0 Å². The van der Waals surface area contributed by atoms with Crippen molar-refractivity contribution in [2.24, 2.45) is 0 Å². The van der Waals surface area contributed by atoms with E-state index in [-0.39, 0.29) is 0 Å². The van der Waals surface area contributed by atoms with Crippen LogP contribution in [0.1, 0.15) is 11.9 Å². The summed E-state index contributed by atoms with van der Waals surface area (Å²) in [6.45, 7) is 2.03. The molecule has 0 saturated carbocycles. The number of aromatic nitrogens is 1. The number of thiazole rings is 1. The molecule has 1 rings (SSSR count). The van der Waals surface area contributed by atoms with Crippen LogP contribution in [0.15, 0.2) is 29.1 Å². The smallest absolute Gasteiger partial charge is 0.122 e. The average Bonchev–Trinajstić information content (AvgIpc) is 2.59. The van der Waals surface area contributed by atoms with Crippen molar-refractivity contribution in [1.82, 2.24) is 4.98 Å². The molecule has 3 heteroatoms. The van der Waals surface area contributed by atoms with E-state index in [0.29, 0.717) is 0 Å². The second-order valence-electron chi connectivity index (χ2n) is 2.12. The molecule has 0 saturated heterocycles. The number of thioether (sulfide) groups is 1. The molecule has 0 atom stereocenters. The molecule has 0 fully saturated rings. The predicted molar refractivity (Wildman–Crippen MR) is 58.4 cm³/mol. The van der Waals surface area contributed by atoms with E-state index in [1.165, 1.54) is 5.57 Å². The lowest BCUT2D eigenvalue weighted by molar-refractivity contribution is 1.38. The zero-order chi connectivity index (χ0) is 8.81. The van der Waals surface area contributed by atoms with Gasteiger partial charge in [0.05, 0.1) is 0 Å². The Morgan fingerprint density at radius 2 is 2.50 bits per heavy atom. The Morgan fingerprint density at radius 1 is 1.67 bits per heavy atom. The number of hydrogen-bond donors (Lipinski definition) is 0. The van der Waals surface area contributed by atoms with Crippen LogP contribution in [0.3, 0.4) is 0 Å². The Kier molecular flexibility index (Phi) is 4.11. The molecule has 0 N–H and O–H groups in total. The Labute approximate surface area is 81.2 Å². The molecule has 1 nitrogen and oxygen atoms in total. The molecule has 0 spiro atoms. The summed E-state index contributed by atoms with van der Waals surface area (Å²) in [6, 6.07) is 0. The Balaban J connectivity index is 2.78. The SMILES string of the molecule is C/C=C(\C=C/SC)c1nccs1. The molecule has 0 aliphatic rings. The lowest BCUT2D eigenvalue weighted by atomic mass is 10.3. The van der Waals surface area contributed by atoms with Crippen LogP contribution in [-0.2, 0) is 0 Å². The third-order valence-electron chi connectivity index (χ3n) is 1.37. The van der Waals surface area contributed by atoms with Crippen molar-refractivity contribution in [1.29, 1.82) is 0 Å². The number of rotatable bonds is 3. The van der Waals surface area contributed by atoms with Gasteiger partial charge in [0.15, 0.2) is 0 Å². The van der Waals surface area contributed by atoms with Gasteiger partial charge >= 0.3 is 0 Å². The monoisotopic (exact) mass is 197 g/mol. The van der Waals surface area contributed by atoms with E-state index in [2.05, 4.69) is 22.5 Å². The Hall–Kier alpha value is -0.540. The Morgan fingerprint density at radius 3 is 3.00 bits per heavy atom. The van der Waals surface area contributed by atoms with Gasteiger partial charge in [-0.05, 0) is 24.7 Å². The molecule has 0 aliphatic heterocycles. The number of hydrogen-bond acceptors (Lipinski definition) is 3. The first-order valence-electron chi connectivity index (χ1n) is 3.64. The maximum absolute atomic E-state index is 4.23. The second-order valence-corrected chi connectivity index (χ2v) is 3.76. The van der Waals surface area contributed by atoms with E-state index in [1.807, 2.05) is 24.8 Å². The first kappa shape index (κ1) is 9.55. The fourth-order valence-corrected chi connectivity index (χ4v) is 1.78. The van der Waals surface area contributed by atoms with Gasteiger partial charge < -0.3 is 0 Å². The van der Waals surface area contributed by atoms with Crippen LogP contribution in [-0.4, -0.2) is 11.2 Å². The second kappa shape index (κ2) is 5.17. The zero-order valence-electron chi connectivity index (χ0n) is 7.15. The van der Waals surface area contributed by atoms with Gasteiger partial charge in [0.25, 0.3) is 0 Å². The van der Waals surface area contributed by atoms with E-state index >= 15 is 0 Å². The summed E-state index contributed by atoms with van der Waals surface area (Å²) in [4.78, 5) is 4.23. The largest absolute Gasteiger partial charge is 0.245 e. The first-order chi connectivity index (χ1) is 5.88. The minimum atomic E-state index is 1.09. The molecule has 1 heterocycles. The van der Waals surface area contributed by atoms with Crippen molar-refractivity contribution in [3.05, 3.63) is 34.1 Å². The normalized spacial score (nSPS) is 12.7. The fourth-order valence-electron chi connectivity index (χ4n) is 0.798. The van der Waals surface area contributed by atoms with Crippen LogP contribution in [0.2, 0.25) is 0 Å². The van der Waals surface area contributed by atoms with E-state index in [0.717, 1.165) is 5.01 Å². The molecular formula is C9H11NS2. The maximum Gasteiger partial charge on any atom is 0.122 e. The van der Waals surface area contributed by atoms with Gasteiger partial charge in [0, 0.05) is 17.2 Å². The van der Waals surface area contributed by atoms with E-state index < -0.39 is 0 Å². The maximum atomic E-state index is 4.23. The highest BCUT2D eigenvalue weighted by atomic mass is 32.2. The van der Waals surface area contributed by atoms with Crippen LogP contribution in [0.5, 0.6) is 0 Å². The third-order valence-corrected chi connectivity index (χ3v) is 2.60. The van der Waals surface area contributed by atoms with E-state index in [1.54, 1.807) is 23.1 Å². The highest BCUT2D eigenvalue weighted by Crippen LogP contribution is 2.18. The molecule has 64 valence electrons. The molecule has 0 aliphatic carbocycles. The molecule has 0 bridgehead atoms. The lowest BCUT2D eigenvalue weighted by Crippen LogP contribution is -1.75. The molecule has 0 unspecified atom stereocenters. The third kappa shape index (κ3) is 2.50. The summed E-state index contributed by atoms with van der Waals surface area (Å²) >= 11 is 3.36. The quantitative estimate of drug-likeness (QED) is 0.689. The van der Waals surface area contributed by atoms with Crippen molar-refractivity contribution in [3.63, 3.8) is 0 Å². The van der Waals surface area contributed by atoms with Gasteiger partial charge in [-0.1, -0.05) is 6.08 Å². The summed E-state index contributed by atoms with van der Waals surface area (Å²) < 4.78 is 0. The number of allylic oxidation sites excluding steroid dienone is 3. The van der Waals surface area contributed by atoms with Crippen molar-refractivity contribution < 1.29 is 0 Å². The molecule has 0 radical (unpaired) electrons. The standard InChI is InChI=1S/C9H11NS2/c1-3-8(4-6-11-2)9-10-5-7-12-9/h3-7H,1-2H3/b6-4-,8-3+. The minimum Gasteiger partial charge on any atom is -0.245 e. The molecule has 0 amide bonds. The van der Waals surface area contributed by atoms with E-state index in [4.69, 9.17) is 0 Å². The fraction of sp³-hybridized carbons (Fsp3) is 0.222. The van der Waals surface area contributed by atoms with Crippen LogP contribution < -0.4 is 0 Å². The zero-order valence-corrected chi connectivity index (χ0v) is 8.78. The first-order valence-corrected chi connectivity index (χ1v) is 5.80. The average molecular weight is 197 g/mol.